The van der Waals surface area contributed by atoms with Crippen LogP contribution in [0.25, 0.3) is 0 Å². The van der Waals surface area contributed by atoms with Crippen LogP contribution in [0, 0.1) is 5.41 Å². The van der Waals surface area contributed by atoms with E-state index in [1.165, 1.54) is 0 Å². The van der Waals surface area contributed by atoms with E-state index in [-0.39, 0.29) is 5.41 Å². The van der Waals surface area contributed by atoms with Crippen molar-refractivity contribution in [1.29, 1.82) is 0 Å². The van der Waals surface area contributed by atoms with E-state index < -0.39 is 0 Å². The number of aromatic nitrogens is 2. The van der Waals surface area contributed by atoms with Gasteiger partial charge in [-0.1, -0.05) is 34.6 Å². The molecule has 0 spiro atoms. The largest absolute Gasteiger partial charge is 0.299 e. The summed E-state index contributed by atoms with van der Waals surface area (Å²) in [5, 5.41) is 4.62. The van der Waals surface area contributed by atoms with Gasteiger partial charge in [-0.25, -0.2) is 0 Å². The van der Waals surface area contributed by atoms with E-state index in [0.29, 0.717) is 18.2 Å². The van der Waals surface area contributed by atoms with E-state index in [1.807, 2.05) is 20.8 Å². The number of hydrogen-bond donors (Lipinski definition) is 0. The maximum atomic E-state index is 11.8. The first kappa shape index (κ1) is 15.9. The number of carbonyl (C=O) groups excluding carboxylic acids is 1. The van der Waals surface area contributed by atoms with Gasteiger partial charge in [-0.2, -0.15) is 5.10 Å². The molecule has 1 heterocycles. The second kappa shape index (κ2) is 6.88. The summed E-state index contributed by atoms with van der Waals surface area (Å²) >= 11 is 0. The molecule has 3 nitrogen and oxygen atoms in total. The average Bonchev–Trinajstić information content (AvgIpc) is 2.78. The summed E-state index contributed by atoms with van der Waals surface area (Å²) in [4.78, 5) is 11.8. The maximum Gasteiger partial charge on any atom is 0.138 e. The van der Waals surface area contributed by atoms with Crippen LogP contribution < -0.4 is 0 Å². The average molecular weight is 264 g/mol. The van der Waals surface area contributed by atoms with E-state index in [0.717, 1.165) is 31.4 Å². The number of aryl methyl sites for hydroxylation is 1. The Morgan fingerprint density at radius 2 is 1.95 bits per heavy atom. The lowest BCUT2D eigenvalue weighted by Crippen LogP contribution is -2.19. The monoisotopic (exact) mass is 264 g/mol. The molecule has 0 fully saturated rings. The van der Waals surface area contributed by atoms with Crippen molar-refractivity contribution < 1.29 is 4.79 Å². The Balaban J connectivity index is 2.45. The standard InChI is InChI=1S/C16H28N2O/c1-6-14(7-2)18-12-11-13(17-18)9-8-10-15(19)16(3,4)5/h11-12,14H,6-10H2,1-5H3. The molecule has 0 saturated carbocycles. The molecule has 0 bridgehead atoms. The first-order valence-corrected chi connectivity index (χ1v) is 7.45. The molecule has 108 valence electrons. The molecule has 0 N–H and O–H groups in total. The first-order chi connectivity index (χ1) is 8.88. The number of carbonyl (C=O) groups is 1. The highest BCUT2D eigenvalue weighted by molar-refractivity contribution is 5.83. The minimum Gasteiger partial charge on any atom is -0.299 e. The Hall–Kier alpha value is -1.12. The molecule has 1 aromatic heterocycles. The van der Waals surface area contributed by atoms with Crippen molar-refractivity contribution in [3.63, 3.8) is 0 Å². The minimum atomic E-state index is -0.213. The Morgan fingerprint density at radius 1 is 1.32 bits per heavy atom. The van der Waals surface area contributed by atoms with Gasteiger partial charge in [0.05, 0.1) is 11.7 Å². The van der Waals surface area contributed by atoms with E-state index in [9.17, 15) is 4.79 Å². The van der Waals surface area contributed by atoms with Crippen LogP contribution in [0.3, 0.4) is 0 Å². The van der Waals surface area contributed by atoms with Crippen LogP contribution >= 0.6 is 0 Å². The molecule has 0 atom stereocenters. The summed E-state index contributed by atoms with van der Waals surface area (Å²) in [6.07, 6.45) is 6.74. The van der Waals surface area contributed by atoms with Crippen LogP contribution in [0.15, 0.2) is 12.3 Å². The van der Waals surface area contributed by atoms with Gasteiger partial charge in [0.1, 0.15) is 5.78 Å². The van der Waals surface area contributed by atoms with Gasteiger partial charge in [0.25, 0.3) is 0 Å². The van der Waals surface area contributed by atoms with Crippen molar-refractivity contribution in [1.82, 2.24) is 9.78 Å². The molecular formula is C16H28N2O. The second-order valence-electron chi connectivity index (χ2n) is 6.28. The Morgan fingerprint density at radius 3 is 2.47 bits per heavy atom. The zero-order chi connectivity index (χ0) is 14.5. The van der Waals surface area contributed by atoms with Gasteiger partial charge in [0.15, 0.2) is 0 Å². The first-order valence-electron chi connectivity index (χ1n) is 7.45. The van der Waals surface area contributed by atoms with Crippen molar-refractivity contribution in [3.05, 3.63) is 18.0 Å². The summed E-state index contributed by atoms with van der Waals surface area (Å²) in [6.45, 7) is 10.3. The lowest BCUT2D eigenvalue weighted by atomic mass is 9.88. The summed E-state index contributed by atoms with van der Waals surface area (Å²) in [5.74, 6) is 0.340. The summed E-state index contributed by atoms with van der Waals surface area (Å²) in [6, 6.07) is 2.59. The third-order valence-corrected chi connectivity index (χ3v) is 3.65. The fourth-order valence-electron chi connectivity index (χ4n) is 2.18. The van der Waals surface area contributed by atoms with Gasteiger partial charge in [0, 0.05) is 18.0 Å². The Kier molecular flexibility index (Phi) is 5.77. The predicted octanol–water partition coefficient (Wildman–Crippen LogP) is 4.18. The molecule has 0 unspecified atom stereocenters. The second-order valence-corrected chi connectivity index (χ2v) is 6.28. The number of ketones is 1. The van der Waals surface area contributed by atoms with Crippen molar-refractivity contribution in [2.75, 3.05) is 0 Å². The Bertz CT molecular complexity index is 397. The van der Waals surface area contributed by atoms with E-state index in [1.54, 1.807) is 0 Å². The van der Waals surface area contributed by atoms with Crippen molar-refractivity contribution in [3.8, 4) is 0 Å². The fraction of sp³-hybridized carbons (Fsp3) is 0.750. The molecule has 0 amide bonds. The molecule has 1 rings (SSSR count). The van der Waals surface area contributed by atoms with E-state index in [4.69, 9.17) is 0 Å². The molecule has 0 radical (unpaired) electrons. The highest BCUT2D eigenvalue weighted by atomic mass is 16.1. The Labute approximate surface area is 117 Å². The van der Waals surface area contributed by atoms with Gasteiger partial charge >= 0.3 is 0 Å². The van der Waals surface area contributed by atoms with Crippen LogP contribution in [-0.2, 0) is 11.2 Å². The minimum absolute atomic E-state index is 0.213. The smallest absolute Gasteiger partial charge is 0.138 e. The summed E-state index contributed by atoms with van der Waals surface area (Å²) in [5.41, 5.74) is 0.892. The molecule has 3 heteroatoms. The zero-order valence-electron chi connectivity index (χ0n) is 13.1. The quantitative estimate of drug-likeness (QED) is 0.740. The van der Waals surface area contributed by atoms with Crippen LogP contribution in [-0.4, -0.2) is 15.6 Å². The molecule has 0 aliphatic carbocycles. The van der Waals surface area contributed by atoms with Crippen LogP contribution in [0.5, 0.6) is 0 Å². The number of rotatable bonds is 7. The molecular weight excluding hydrogens is 236 g/mol. The third-order valence-electron chi connectivity index (χ3n) is 3.65. The SMILES string of the molecule is CCC(CC)n1ccc(CCCC(=O)C(C)(C)C)n1. The summed E-state index contributed by atoms with van der Waals surface area (Å²) in [7, 11) is 0. The molecule has 0 aliphatic heterocycles. The van der Waals surface area contributed by atoms with Gasteiger partial charge in [-0.05, 0) is 31.7 Å². The molecule has 0 aromatic carbocycles. The number of hydrogen-bond acceptors (Lipinski definition) is 2. The van der Waals surface area contributed by atoms with Crippen molar-refractivity contribution in [2.45, 2.75) is 72.8 Å². The maximum absolute atomic E-state index is 11.8. The van der Waals surface area contributed by atoms with E-state index >= 15 is 0 Å². The lowest BCUT2D eigenvalue weighted by Gasteiger charge is -2.16. The van der Waals surface area contributed by atoms with Crippen molar-refractivity contribution >= 4 is 5.78 Å². The van der Waals surface area contributed by atoms with Gasteiger partial charge in [-0.3, -0.25) is 9.48 Å². The van der Waals surface area contributed by atoms with Gasteiger partial charge in [-0.15, -0.1) is 0 Å². The number of Topliss-reactive ketones (excluding diaryl/α,β-unsaturated/α-hetero) is 1. The predicted molar refractivity (Wildman–Crippen MR) is 79.2 cm³/mol. The van der Waals surface area contributed by atoms with Crippen LogP contribution in [0.4, 0.5) is 0 Å². The molecule has 0 saturated heterocycles. The fourth-order valence-corrected chi connectivity index (χ4v) is 2.18. The highest BCUT2D eigenvalue weighted by Crippen LogP contribution is 2.19. The van der Waals surface area contributed by atoms with Crippen LogP contribution in [0.1, 0.15) is 72.0 Å². The number of nitrogens with zero attached hydrogens (tertiary/aromatic N) is 2. The molecule has 0 aliphatic rings. The topological polar surface area (TPSA) is 34.9 Å². The summed E-state index contributed by atoms with van der Waals surface area (Å²) < 4.78 is 2.07. The van der Waals surface area contributed by atoms with Crippen molar-refractivity contribution in [2.24, 2.45) is 5.41 Å². The van der Waals surface area contributed by atoms with Gasteiger partial charge < -0.3 is 0 Å². The highest BCUT2D eigenvalue weighted by Gasteiger charge is 2.20. The molecule has 1 aromatic rings. The lowest BCUT2D eigenvalue weighted by molar-refractivity contribution is -0.126. The molecule has 19 heavy (non-hydrogen) atoms. The normalized spacial score (nSPS) is 12.1. The van der Waals surface area contributed by atoms with E-state index in [2.05, 4.69) is 35.9 Å². The zero-order valence-corrected chi connectivity index (χ0v) is 13.1. The van der Waals surface area contributed by atoms with Crippen LogP contribution in [0.2, 0.25) is 0 Å². The third kappa shape index (κ3) is 4.81. The van der Waals surface area contributed by atoms with Gasteiger partial charge in [0.2, 0.25) is 0 Å².